The number of nitrogens with zero attached hydrogens (tertiary/aromatic N) is 2. The van der Waals surface area contributed by atoms with E-state index >= 15 is 0 Å². The number of nitrogens with one attached hydrogen (secondary N) is 1. The number of rotatable bonds is 6. The Labute approximate surface area is 140 Å². The number of aryl methyl sites for hydroxylation is 2. The van der Waals surface area contributed by atoms with Gasteiger partial charge in [-0.3, -0.25) is 4.79 Å². The van der Waals surface area contributed by atoms with E-state index in [1.54, 1.807) is 13.0 Å². The molecule has 0 aliphatic carbocycles. The molecule has 2 aromatic rings. The minimum Gasteiger partial charge on any atom is -0.468 e. The summed E-state index contributed by atoms with van der Waals surface area (Å²) in [6, 6.07) is 2.96. The largest absolute Gasteiger partial charge is 0.468 e. The zero-order valence-electron chi connectivity index (χ0n) is 13.1. The molecule has 2 heterocycles. The number of carbonyl (C=O) groups is 1. The van der Waals surface area contributed by atoms with Crippen molar-refractivity contribution in [1.82, 2.24) is 15.3 Å². The molecule has 1 amide bonds. The van der Waals surface area contributed by atoms with Crippen LogP contribution in [-0.2, 0) is 13.0 Å². The molecule has 0 aromatic carbocycles. The molecule has 2 rings (SSSR count). The maximum absolute atomic E-state index is 12.2. The van der Waals surface area contributed by atoms with Crippen LogP contribution < -0.4 is 10.1 Å². The van der Waals surface area contributed by atoms with Gasteiger partial charge in [0.25, 0.3) is 5.91 Å². The second-order valence-electron chi connectivity index (χ2n) is 4.96. The highest BCUT2D eigenvalue weighted by atomic mass is 32.1. The standard InChI is InChI=1S/C15H16F3N3O2S/c1-3-12-21-9(2)13(24-12)14(22)20-7-10-4-5-19-11(6-10)23-8-15(16,17)18/h4-6H,3,7-8H2,1-2H3,(H,20,22). The van der Waals surface area contributed by atoms with E-state index in [9.17, 15) is 18.0 Å². The Morgan fingerprint density at radius 1 is 1.42 bits per heavy atom. The summed E-state index contributed by atoms with van der Waals surface area (Å²) >= 11 is 1.33. The Kier molecular flexibility index (Phi) is 5.76. The van der Waals surface area contributed by atoms with E-state index in [1.807, 2.05) is 6.92 Å². The van der Waals surface area contributed by atoms with Gasteiger partial charge in [-0.2, -0.15) is 13.2 Å². The number of hydrogen-bond donors (Lipinski definition) is 1. The fourth-order valence-electron chi connectivity index (χ4n) is 1.87. The van der Waals surface area contributed by atoms with E-state index in [0.29, 0.717) is 16.1 Å². The third-order valence-corrected chi connectivity index (χ3v) is 4.29. The lowest BCUT2D eigenvalue weighted by molar-refractivity contribution is -0.154. The van der Waals surface area contributed by atoms with Gasteiger partial charge < -0.3 is 10.1 Å². The summed E-state index contributed by atoms with van der Waals surface area (Å²) in [4.78, 5) is 20.7. The second-order valence-corrected chi connectivity index (χ2v) is 6.05. The Morgan fingerprint density at radius 2 is 2.17 bits per heavy atom. The summed E-state index contributed by atoms with van der Waals surface area (Å²) in [6.07, 6.45) is -2.34. The number of carbonyl (C=O) groups excluding carboxylic acids is 1. The molecule has 0 saturated heterocycles. The number of amides is 1. The van der Waals surface area contributed by atoms with Gasteiger partial charge in [0.15, 0.2) is 6.61 Å². The van der Waals surface area contributed by atoms with E-state index in [4.69, 9.17) is 0 Å². The molecule has 2 aromatic heterocycles. The van der Waals surface area contributed by atoms with Crippen LogP contribution in [0.2, 0.25) is 0 Å². The SMILES string of the molecule is CCc1nc(C)c(C(=O)NCc2ccnc(OCC(F)(F)F)c2)s1. The van der Waals surface area contributed by atoms with Crippen molar-refractivity contribution < 1.29 is 22.7 Å². The molecular formula is C15H16F3N3O2S. The van der Waals surface area contributed by atoms with Gasteiger partial charge in [0.2, 0.25) is 5.88 Å². The predicted molar refractivity (Wildman–Crippen MR) is 83.2 cm³/mol. The molecule has 5 nitrogen and oxygen atoms in total. The zero-order chi connectivity index (χ0) is 17.7. The minimum atomic E-state index is -4.42. The molecule has 0 unspecified atom stereocenters. The minimum absolute atomic E-state index is 0.138. The Bertz CT molecular complexity index is 716. The van der Waals surface area contributed by atoms with Crippen molar-refractivity contribution in [3.8, 4) is 5.88 Å². The van der Waals surface area contributed by atoms with Crippen LogP contribution >= 0.6 is 11.3 Å². The third-order valence-electron chi connectivity index (χ3n) is 2.99. The van der Waals surface area contributed by atoms with E-state index in [2.05, 4.69) is 20.0 Å². The highest BCUT2D eigenvalue weighted by Gasteiger charge is 2.28. The first-order valence-corrected chi connectivity index (χ1v) is 7.99. The Hall–Kier alpha value is -2.16. The summed E-state index contributed by atoms with van der Waals surface area (Å²) in [5.74, 6) is -0.402. The number of ether oxygens (including phenoxy) is 1. The van der Waals surface area contributed by atoms with Crippen LogP contribution in [0, 0.1) is 6.92 Å². The summed E-state index contributed by atoms with van der Waals surface area (Å²) in [5, 5.41) is 3.60. The smallest absolute Gasteiger partial charge is 0.422 e. The molecule has 24 heavy (non-hydrogen) atoms. The summed E-state index contributed by atoms with van der Waals surface area (Å²) in [6.45, 7) is 2.47. The van der Waals surface area contributed by atoms with Gasteiger partial charge in [0, 0.05) is 18.8 Å². The molecule has 9 heteroatoms. The number of halogens is 3. The van der Waals surface area contributed by atoms with Crippen molar-refractivity contribution in [1.29, 1.82) is 0 Å². The fourth-order valence-corrected chi connectivity index (χ4v) is 2.79. The van der Waals surface area contributed by atoms with Crippen molar-refractivity contribution in [2.45, 2.75) is 33.0 Å². The number of pyridine rings is 1. The highest BCUT2D eigenvalue weighted by Crippen LogP contribution is 2.19. The summed E-state index contributed by atoms with van der Waals surface area (Å²) < 4.78 is 41.0. The van der Waals surface area contributed by atoms with E-state index in [1.165, 1.54) is 23.6 Å². The molecule has 0 atom stereocenters. The summed E-state index contributed by atoms with van der Waals surface area (Å²) in [7, 11) is 0. The monoisotopic (exact) mass is 359 g/mol. The van der Waals surface area contributed by atoms with E-state index in [-0.39, 0.29) is 18.3 Å². The van der Waals surface area contributed by atoms with Crippen molar-refractivity contribution >= 4 is 17.2 Å². The first-order valence-electron chi connectivity index (χ1n) is 7.17. The van der Waals surface area contributed by atoms with Crippen LogP contribution in [0.15, 0.2) is 18.3 Å². The molecular weight excluding hydrogens is 343 g/mol. The van der Waals surface area contributed by atoms with Gasteiger partial charge in [-0.1, -0.05) is 6.92 Å². The molecule has 0 aliphatic heterocycles. The van der Waals surface area contributed by atoms with Gasteiger partial charge in [0.1, 0.15) is 4.88 Å². The van der Waals surface area contributed by atoms with Gasteiger partial charge in [-0.25, -0.2) is 9.97 Å². The van der Waals surface area contributed by atoms with Gasteiger partial charge in [0.05, 0.1) is 10.7 Å². The first kappa shape index (κ1) is 18.2. The molecule has 0 saturated carbocycles. The molecule has 0 bridgehead atoms. The average Bonchev–Trinajstić information content (AvgIpc) is 2.91. The second kappa shape index (κ2) is 7.61. The number of aromatic nitrogens is 2. The predicted octanol–water partition coefficient (Wildman–Crippen LogP) is 3.28. The van der Waals surface area contributed by atoms with Gasteiger partial charge >= 0.3 is 6.18 Å². The normalized spacial score (nSPS) is 11.4. The van der Waals surface area contributed by atoms with E-state index in [0.717, 1.165) is 11.4 Å². The summed E-state index contributed by atoms with van der Waals surface area (Å²) in [5.41, 5.74) is 1.26. The van der Waals surface area contributed by atoms with Gasteiger partial charge in [-0.15, -0.1) is 11.3 Å². The first-order chi connectivity index (χ1) is 11.3. The average molecular weight is 359 g/mol. The lowest BCUT2D eigenvalue weighted by Gasteiger charge is -2.09. The van der Waals surface area contributed by atoms with Crippen molar-refractivity contribution in [3.05, 3.63) is 39.5 Å². The van der Waals surface area contributed by atoms with Crippen LogP contribution in [0.4, 0.5) is 13.2 Å². The number of hydrogen-bond acceptors (Lipinski definition) is 5. The molecule has 0 fully saturated rings. The van der Waals surface area contributed by atoms with Crippen LogP contribution in [0.3, 0.4) is 0 Å². The fraction of sp³-hybridized carbons (Fsp3) is 0.400. The van der Waals surface area contributed by atoms with Crippen molar-refractivity contribution in [2.24, 2.45) is 0 Å². The van der Waals surface area contributed by atoms with E-state index < -0.39 is 12.8 Å². The van der Waals surface area contributed by atoms with Crippen molar-refractivity contribution in [2.75, 3.05) is 6.61 Å². The van der Waals surface area contributed by atoms with Crippen LogP contribution in [0.5, 0.6) is 5.88 Å². The lowest BCUT2D eigenvalue weighted by Crippen LogP contribution is -2.23. The highest BCUT2D eigenvalue weighted by molar-refractivity contribution is 7.13. The molecule has 0 aliphatic rings. The quantitative estimate of drug-likeness (QED) is 0.860. The Morgan fingerprint density at radius 3 is 2.79 bits per heavy atom. The maximum atomic E-state index is 12.2. The molecule has 130 valence electrons. The zero-order valence-corrected chi connectivity index (χ0v) is 13.9. The topological polar surface area (TPSA) is 64.1 Å². The maximum Gasteiger partial charge on any atom is 0.422 e. The van der Waals surface area contributed by atoms with Crippen molar-refractivity contribution in [3.63, 3.8) is 0 Å². The van der Waals surface area contributed by atoms with Crippen LogP contribution in [-0.4, -0.2) is 28.7 Å². The molecule has 0 radical (unpaired) electrons. The molecule has 0 spiro atoms. The van der Waals surface area contributed by atoms with Gasteiger partial charge in [-0.05, 0) is 25.0 Å². The van der Waals surface area contributed by atoms with Crippen LogP contribution in [0.25, 0.3) is 0 Å². The third kappa shape index (κ3) is 5.19. The number of thiazole rings is 1. The van der Waals surface area contributed by atoms with Crippen LogP contribution in [0.1, 0.15) is 32.9 Å². The number of alkyl halides is 3. The molecule has 1 N–H and O–H groups in total. The Balaban J connectivity index is 1.96. The lowest BCUT2D eigenvalue weighted by atomic mass is 10.2.